The van der Waals surface area contributed by atoms with Gasteiger partial charge in [0.1, 0.15) is 17.0 Å². The molecule has 6 nitrogen and oxygen atoms in total. The van der Waals surface area contributed by atoms with E-state index in [4.69, 9.17) is 4.74 Å². The van der Waals surface area contributed by atoms with Crippen molar-refractivity contribution >= 4 is 22.2 Å². The average molecular weight is 288 g/mol. The van der Waals surface area contributed by atoms with E-state index in [2.05, 4.69) is 15.4 Å². The van der Waals surface area contributed by atoms with Crippen molar-refractivity contribution in [2.75, 3.05) is 7.11 Å². The number of ether oxygens (including phenoxy) is 1. The van der Waals surface area contributed by atoms with E-state index in [1.807, 2.05) is 24.3 Å². The lowest BCUT2D eigenvalue weighted by atomic mass is 10.2. The van der Waals surface area contributed by atoms with E-state index >= 15 is 0 Å². The standard InChI is InChI=1S/C13H12N4O2S/c1-19-11-5-3-2-4-9(11)6-14-12(18)10-7-17-13(16-10)20-8-15-17/h2-5,7-8H,6H2,1H3,(H,14,18). The fraction of sp³-hybridized carbons (Fsp3) is 0.154. The molecular weight excluding hydrogens is 276 g/mol. The van der Waals surface area contributed by atoms with Crippen molar-refractivity contribution in [3.8, 4) is 5.75 Å². The molecule has 2 aromatic heterocycles. The van der Waals surface area contributed by atoms with E-state index in [1.54, 1.807) is 23.3 Å². The molecule has 0 unspecified atom stereocenters. The topological polar surface area (TPSA) is 68.5 Å². The molecule has 3 rings (SSSR count). The van der Waals surface area contributed by atoms with E-state index in [0.717, 1.165) is 11.3 Å². The third-order valence-corrected chi connectivity index (χ3v) is 3.54. The van der Waals surface area contributed by atoms with Gasteiger partial charge in [-0.2, -0.15) is 5.10 Å². The number of nitrogens with zero attached hydrogens (tertiary/aromatic N) is 3. The van der Waals surface area contributed by atoms with Crippen molar-refractivity contribution in [2.24, 2.45) is 0 Å². The minimum atomic E-state index is -0.228. The van der Waals surface area contributed by atoms with Crippen LogP contribution in [0.3, 0.4) is 0 Å². The summed E-state index contributed by atoms with van der Waals surface area (Å²) < 4.78 is 6.83. The Bertz CT molecular complexity index is 721. The highest BCUT2D eigenvalue weighted by atomic mass is 32.1. The molecule has 1 amide bonds. The summed E-state index contributed by atoms with van der Waals surface area (Å²) in [4.78, 5) is 16.9. The molecule has 0 bridgehead atoms. The molecule has 7 heteroatoms. The van der Waals surface area contributed by atoms with Crippen molar-refractivity contribution in [1.29, 1.82) is 0 Å². The fourth-order valence-corrected chi connectivity index (χ4v) is 2.47. The van der Waals surface area contributed by atoms with Gasteiger partial charge in [-0.05, 0) is 6.07 Å². The summed E-state index contributed by atoms with van der Waals surface area (Å²) in [6, 6.07) is 7.56. The van der Waals surface area contributed by atoms with Crippen LogP contribution in [0.5, 0.6) is 5.75 Å². The lowest BCUT2D eigenvalue weighted by Crippen LogP contribution is -2.23. The molecular formula is C13H12N4O2S. The van der Waals surface area contributed by atoms with Crippen LogP contribution in [0.2, 0.25) is 0 Å². The highest BCUT2D eigenvalue weighted by Gasteiger charge is 2.12. The number of fused-ring (bicyclic) bond motifs is 1. The zero-order chi connectivity index (χ0) is 13.9. The number of carbonyl (C=O) groups excluding carboxylic acids is 1. The van der Waals surface area contributed by atoms with Crippen molar-refractivity contribution < 1.29 is 9.53 Å². The summed E-state index contributed by atoms with van der Waals surface area (Å²) in [6.45, 7) is 0.390. The molecule has 0 radical (unpaired) electrons. The molecule has 0 aliphatic carbocycles. The summed E-state index contributed by atoms with van der Waals surface area (Å²) in [7, 11) is 1.61. The van der Waals surface area contributed by atoms with Crippen LogP contribution in [0.15, 0.2) is 36.0 Å². The predicted octanol–water partition coefficient (Wildman–Crippen LogP) is 1.73. The van der Waals surface area contributed by atoms with Crippen molar-refractivity contribution in [1.82, 2.24) is 19.9 Å². The lowest BCUT2D eigenvalue weighted by molar-refractivity contribution is 0.0946. The zero-order valence-corrected chi connectivity index (χ0v) is 11.6. The number of benzene rings is 1. The lowest BCUT2D eigenvalue weighted by Gasteiger charge is -2.08. The van der Waals surface area contributed by atoms with Crippen LogP contribution >= 0.6 is 11.3 Å². The molecule has 0 aliphatic heterocycles. The Kier molecular flexibility index (Phi) is 3.34. The van der Waals surface area contributed by atoms with Crippen LogP contribution in [0.25, 0.3) is 4.96 Å². The molecule has 3 aromatic rings. The maximum absolute atomic E-state index is 12.0. The van der Waals surface area contributed by atoms with Crippen LogP contribution in [0.4, 0.5) is 0 Å². The minimum absolute atomic E-state index is 0.228. The molecule has 20 heavy (non-hydrogen) atoms. The molecule has 102 valence electrons. The monoisotopic (exact) mass is 288 g/mol. The highest BCUT2D eigenvalue weighted by molar-refractivity contribution is 7.14. The molecule has 2 heterocycles. The summed E-state index contributed by atoms with van der Waals surface area (Å²) in [5, 5.41) is 6.86. The number of rotatable bonds is 4. The first-order valence-electron chi connectivity index (χ1n) is 5.97. The molecule has 0 aliphatic rings. The Morgan fingerprint density at radius 3 is 3.10 bits per heavy atom. The molecule has 1 N–H and O–H groups in total. The smallest absolute Gasteiger partial charge is 0.271 e. The van der Waals surface area contributed by atoms with Gasteiger partial charge in [-0.3, -0.25) is 4.79 Å². The number of amides is 1. The second kappa shape index (κ2) is 5.30. The summed E-state index contributed by atoms with van der Waals surface area (Å²) in [5.41, 5.74) is 2.96. The summed E-state index contributed by atoms with van der Waals surface area (Å²) in [5.74, 6) is 0.522. The van der Waals surface area contributed by atoms with Gasteiger partial charge in [0.2, 0.25) is 4.96 Å². The van der Waals surface area contributed by atoms with Gasteiger partial charge in [0.05, 0.1) is 13.3 Å². The Balaban J connectivity index is 1.71. The van der Waals surface area contributed by atoms with Gasteiger partial charge in [0.15, 0.2) is 0 Å². The second-order valence-electron chi connectivity index (χ2n) is 4.09. The first-order valence-corrected chi connectivity index (χ1v) is 6.85. The first kappa shape index (κ1) is 12.6. The summed E-state index contributed by atoms with van der Waals surface area (Å²) >= 11 is 1.39. The van der Waals surface area contributed by atoms with Crippen LogP contribution in [-0.2, 0) is 6.54 Å². The third-order valence-electron chi connectivity index (χ3n) is 2.85. The maximum atomic E-state index is 12.0. The Labute approximate surface area is 119 Å². The number of hydrogen-bond acceptors (Lipinski definition) is 5. The molecule has 0 saturated heterocycles. The van der Waals surface area contributed by atoms with Crippen LogP contribution in [0, 0.1) is 0 Å². The molecule has 0 atom stereocenters. The van der Waals surface area contributed by atoms with Gasteiger partial charge in [-0.25, -0.2) is 9.50 Å². The Hall–Kier alpha value is -2.41. The number of hydrogen-bond donors (Lipinski definition) is 1. The summed E-state index contributed by atoms with van der Waals surface area (Å²) in [6.07, 6.45) is 1.61. The third kappa shape index (κ3) is 2.35. The number of carbonyl (C=O) groups is 1. The first-order chi connectivity index (χ1) is 9.78. The van der Waals surface area contributed by atoms with Crippen LogP contribution in [0.1, 0.15) is 16.1 Å². The predicted molar refractivity (Wildman–Crippen MR) is 75.0 cm³/mol. The Morgan fingerprint density at radius 2 is 2.30 bits per heavy atom. The van der Waals surface area contributed by atoms with E-state index in [-0.39, 0.29) is 5.91 Å². The highest BCUT2D eigenvalue weighted by Crippen LogP contribution is 2.17. The molecule has 0 saturated carbocycles. The van der Waals surface area contributed by atoms with E-state index < -0.39 is 0 Å². The van der Waals surface area contributed by atoms with Crippen LogP contribution < -0.4 is 10.1 Å². The van der Waals surface area contributed by atoms with Gasteiger partial charge >= 0.3 is 0 Å². The van der Waals surface area contributed by atoms with Crippen LogP contribution in [-0.4, -0.2) is 27.6 Å². The molecule has 1 aromatic carbocycles. The maximum Gasteiger partial charge on any atom is 0.271 e. The van der Waals surface area contributed by atoms with Gasteiger partial charge in [-0.15, -0.1) is 0 Å². The SMILES string of the molecule is COc1ccccc1CNC(=O)c1cn2ncsc2n1. The van der Waals surface area contributed by atoms with E-state index in [0.29, 0.717) is 17.2 Å². The Morgan fingerprint density at radius 1 is 1.45 bits per heavy atom. The van der Waals surface area contributed by atoms with Gasteiger partial charge in [0, 0.05) is 12.1 Å². The normalized spacial score (nSPS) is 10.7. The number of aromatic nitrogens is 3. The second-order valence-corrected chi connectivity index (χ2v) is 4.90. The minimum Gasteiger partial charge on any atom is -0.496 e. The van der Waals surface area contributed by atoms with Gasteiger partial charge in [0.25, 0.3) is 5.91 Å². The van der Waals surface area contributed by atoms with Crippen molar-refractivity contribution in [2.45, 2.75) is 6.54 Å². The van der Waals surface area contributed by atoms with Crippen molar-refractivity contribution in [3.63, 3.8) is 0 Å². The molecule has 0 spiro atoms. The van der Waals surface area contributed by atoms with E-state index in [1.165, 1.54) is 11.3 Å². The van der Waals surface area contributed by atoms with Gasteiger partial charge in [-0.1, -0.05) is 29.5 Å². The van der Waals surface area contributed by atoms with Gasteiger partial charge < -0.3 is 10.1 Å². The average Bonchev–Trinajstić information content (AvgIpc) is 3.06. The molecule has 0 fully saturated rings. The van der Waals surface area contributed by atoms with E-state index in [9.17, 15) is 4.79 Å². The fourth-order valence-electron chi connectivity index (χ4n) is 1.86. The largest absolute Gasteiger partial charge is 0.496 e. The number of nitrogens with one attached hydrogen (secondary N) is 1. The van der Waals surface area contributed by atoms with Crippen molar-refractivity contribution in [3.05, 3.63) is 47.2 Å². The number of para-hydroxylation sites is 1. The number of methoxy groups -OCH3 is 1. The zero-order valence-electron chi connectivity index (χ0n) is 10.7. The number of imidazole rings is 1. The quantitative estimate of drug-likeness (QED) is 0.794.